The zero-order valence-electron chi connectivity index (χ0n) is 10.8. The molecule has 0 fully saturated rings. The summed E-state index contributed by atoms with van der Waals surface area (Å²) < 4.78 is 5.74. The maximum atomic E-state index is 5.94. The Bertz CT molecular complexity index is 681. The lowest BCUT2D eigenvalue weighted by Crippen LogP contribution is -2.29. The normalized spacial score (nSPS) is 19.9. The molecule has 1 unspecified atom stereocenters. The summed E-state index contributed by atoms with van der Waals surface area (Å²) in [6.07, 6.45) is 0.905. The number of hydrogen-bond acceptors (Lipinski definition) is 3. The molecule has 0 saturated carbocycles. The number of benzene rings is 2. The van der Waals surface area contributed by atoms with E-state index in [2.05, 4.69) is 6.07 Å². The minimum Gasteiger partial charge on any atom is -0.471 e. The monoisotopic (exact) mass is 284 g/mol. The van der Waals surface area contributed by atoms with Crippen LogP contribution in [-0.4, -0.2) is 17.5 Å². The second-order valence-corrected chi connectivity index (χ2v) is 5.46. The number of ether oxygens (including phenoxy) is 1. The number of para-hydroxylation sites is 1. The number of rotatable bonds is 1. The first-order valence-electron chi connectivity index (χ1n) is 6.63. The summed E-state index contributed by atoms with van der Waals surface area (Å²) in [6, 6.07) is 16.3. The molecular weight excluding hydrogens is 272 g/mol. The smallest absolute Gasteiger partial charge is 0.177 e. The highest BCUT2D eigenvalue weighted by atomic mass is 35.5. The first kappa shape index (κ1) is 11.8. The molecule has 0 aromatic heterocycles. The summed E-state index contributed by atoms with van der Waals surface area (Å²) in [4.78, 5) is 0. The second kappa shape index (κ2) is 4.53. The van der Waals surface area contributed by atoms with Crippen molar-refractivity contribution in [3.05, 3.63) is 64.7 Å². The van der Waals surface area contributed by atoms with Gasteiger partial charge in [-0.2, -0.15) is 5.10 Å². The second-order valence-electron chi connectivity index (χ2n) is 5.02. The van der Waals surface area contributed by atoms with Crippen molar-refractivity contribution in [3.8, 4) is 5.75 Å². The molecule has 4 heteroatoms. The SMILES string of the molecule is Clc1ccc(C2=NN3COc4ccccc4C3C2)cc1. The van der Waals surface area contributed by atoms with Crippen LogP contribution in [0.25, 0.3) is 0 Å². The topological polar surface area (TPSA) is 24.8 Å². The number of nitrogens with zero attached hydrogens (tertiary/aromatic N) is 2. The lowest BCUT2D eigenvalue weighted by molar-refractivity contribution is 0.0750. The molecule has 0 N–H and O–H groups in total. The predicted molar refractivity (Wildman–Crippen MR) is 79.1 cm³/mol. The first-order chi connectivity index (χ1) is 9.81. The number of fused-ring (bicyclic) bond motifs is 3. The van der Waals surface area contributed by atoms with Crippen LogP contribution in [0, 0.1) is 0 Å². The molecule has 0 spiro atoms. The molecule has 4 rings (SSSR count). The lowest BCUT2D eigenvalue weighted by Gasteiger charge is -2.30. The van der Waals surface area contributed by atoms with Crippen LogP contribution in [0.5, 0.6) is 5.75 Å². The van der Waals surface area contributed by atoms with Gasteiger partial charge in [-0.25, -0.2) is 0 Å². The fourth-order valence-electron chi connectivity index (χ4n) is 2.78. The summed E-state index contributed by atoms with van der Waals surface area (Å²) in [5.74, 6) is 0.973. The average Bonchev–Trinajstić information content (AvgIpc) is 2.92. The highest BCUT2D eigenvalue weighted by molar-refractivity contribution is 6.30. The van der Waals surface area contributed by atoms with Crippen LogP contribution in [0.1, 0.15) is 23.6 Å². The highest BCUT2D eigenvalue weighted by Crippen LogP contribution is 2.40. The summed E-state index contributed by atoms with van der Waals surface area (Å²) in [5, 5.41) is 7.46. The van der Waals surface area contributed by atoms with Gasteiger partial charge in [0.2, 0.25) is 0 Å². The zero-order valence-corrected chi connectivity index (χ0v) is 11.5. The summed E-state index contributed by atoms with van der Waals surface area (Å²) in [6.45, 7) is 0.513. The quantitative estimate of drug-likeness (QED) is 0.795. The van der Waals surface area contributed by atoms with Gasteiger partial charge in [0.15, 0.2) is 6.73 Å². The Kier molecular flexibility index (Phi) is 2.67. The lowest BCUT2D eigenvalue weighted by atomic mass is 9.97. The van der Waals surface area contributed by atoms with E-state index < -0.39 is 0 Å². The molecule has 2 aliphatic rings. The number of hydrogen-bond donors (Lipinski definition) is 0. The van der Waals surface area contributed by atoms with Crippen LogP contribution in [0.4, 0.5) is 0 Å². The Labute approximate surface area is 122 Å². The van der Waals surface area contributed by atoms with Crippen LogP contribution in [0.2, 0.25) is 5.02 Å². The Morgan fingerprint density at radius 3 is 2.75 bits per heavy atom. The molecule has 0 saturated heterocycles. The van der Waals surface area contributed by atoms with Crippen LogP contribution in [-0.2, 0) is 0 Å². The molecule has 0 bridgehead atoms. The maximum Gasteiger partial charge on any atom is 0.177 e. The van der Waals surface area contributed by atoms with Gasteiger partial charge >= 0.3 is 0 Å². The van der Waals surface area contributed by atoms with Crippen molar-refractivity contribution < 1.29 is 4.74 Å². The van der Waals surface area contributed by atoms with Gasteiger partial charge in [-0.05, 0) is 23.8 Å². The van der Waals surface area contributed by atoms with Crippen molar-refractivity contribution in [2.24, 2.45) is 5.10 Å². The molecule has 0 radical (unpaired) electrons. The van der Waals surface area contributed by atoms with E-state index in [1.165, 1.54) is 5.56 Å². The van der Waals surface area contributed by atoms with Gasteiger partial charge in [-0.15, -0.1) is 0 Å². The zero-order chi connectivity index (χ0) is 13.5. The van der Waals surface area contributed by atoms with Gasteiger partial charge in [-0.3, -0.25) is 5.01 Å². The fourth-order valence-corrected chi connectivity index (χ4v) is 2.91. The molecule has 3 nitrogen and oxygen atoms in total. The molecule has 2 aromatic rings. The molecule has 2 aliphatic heterocycles. The van der Waals surface area contributed by atoms with Gasteiger partial charge in [0.25, 0.3) is 0 Å². The van der Waals surface area contributed by atoms with E-state index in [0.29, 0.717) is 6.73 Å². The summed E-state index contributed by atoms with van der Waals surface area (Å²) in [7, 11) is 0. The Morgan fingerprint density at radius 1 is 1.10 bits per heavy atom. The third kappa shape index (κ3) is 1.86. The van der Waals surface area contributed by atoms with Crippen molar-refractivity contribution in [1.29, 1.82) is 0 Å². The third-order valence-corrected chi connectivity index (χ3v) is 4.06. The summed E-state index contributed by atoms with van der Waals surface area (Å²) >= 11 is 5.94. The highest BCUT2D eigenvalue weighted by Gasteiger charge is 2.33. The minimum absolute atomic E-state index is 0.283. The van der Waals surface area contributed by atoms with Gasteiger partial charge < -0.3 is 4.74 Å². The standard InChI is InChI=1S/C16H13ClN2O/c17-12-7-5-11(6-8-12)14-9-15-13-3-1-2-4-16(13)20-10-19(15)18-14/h1-8,15H,9-10H2. The van der Waals surface area contributed by atoms with Gasteiger partial charge in [0.1, 0.15) is 5.75 Å². The Morgan fingerprint density at radius 2 is 1.90 bits per heavy atom. The maximum absolute atomic E-state index is 5.94. The van der Waals surface area contributed by atoms with E-state index >= 15 is 0 Å². The fraction of sp³-hybridized carbons (Fsp3) is 0.188. The van der Waals surface area contributed by atoms with E-state index in [1.807, 2.05) is 47.5 Å². The van der Waals surface area contributed by atoms with E-state index in [-0.39, 0.29) is 6.04 Å². The Hall–Kier alpha value is -2.00. The largest absolute Gasteiger partial charge is 0.471 e. The predicted octanol–water partition coefficient (Wildman–Crippen LogP) is 3.84. The summed E-state index contributed by atoms with van der Waals surface area (Å²) in [5.41, 5.74) is 3.43. The van der Waals surface area contributed by atoms with Gasteiger partial charge in [0, 0.05) is 17.0 Å². The molecule has 1 atom stereocenters. The molecule has 100 valence electrons. The van der Waals surface area contributed by atoms with E-state index in [0.717, 1.165) is 28.5 Å². The molecule has 2 heterocycles. The van der Waals surface area contributed by atoms with E-state index in [1.54, 1.807) is 0 Å². The van der Waals surface area contributed by atoms with Crippen LogP contribution >= 0.6 is 11.6 Å². The molecular formula is C16H13ClN2O. The third-order valence-electron chi connectivity index (χ3n) is 3.80. The van der Waals surface area contributed by atoms with Gasteiger partial charge in [-0.1, -0.05) is 41.9 Å². The number of halogens is 1. The minimum atomic E-state index is 0.283. The van der Waals surface area contributed by atoms with Crippen LogP contribution in [0.3, 0.4) is 0 Å². The first-order valence-corrected chi connectivity index (χ1v) is 7.01. The van der Waals surface area contributed by atoms with Crippen molar-refractivity contribution in [3.63, 3.8) is 0 Å². The molecule has 2 aromatic carbocycles. The Balaban J connectivity index is 1.67. The van der Waals surface area contributed by atoms with Crippen LogP contribution in [0.15, 0.2) is 53.6 Å². The average molecular weight is 285 g/mol. The molecule has 0 aliphatic carbocycles. The molecule has 0 amide bonds. The van der Waals surface area contributed by atoms with Gasteiger partial charge in [0.05, 0.1) is 11.8 Å². The van der Waals surface area contributed by atoms with Crippen molar-refractivity contribution >= 4 is 17.3 Å². The number of hydrazone groups is 1. The van der Waals surface area contributed by atoms with E-state index in [4.69, 9.17) is 21.4 Å². The molecule has 20 heavy (non-hydrogen) atoms. The van der Waals surface area contributed by atoms with Crippen molar-refractivity contribution in [2.75, 3.05) is 6.73 Å². The van der Waals surface area contributed by atoms with E-state index in [9.17, 15) is 0 Å². The van der Waals surface area contributed by atoms with Crippen LogP contribution < -0.4 is 4.74 Å². The van der Waals surface area contributed by atoms with Crippen molar-refractivity contribution in [2.45, 2.75) is 12.5 Å². The van der Waals surface area contributed by atoms with Crippen molar-refractivity contribution in [1.82, 2.24) is 5.01 Å².